The number of halogens is 2. The van der Waals surface area contributed by atoms with E-state index in [0.29, 0.717) is 32.0 Å². The molecular formula is C18H14BrClN2O2. The Morgan fingerprint density at radius 1 is 1.04 bits per heavy atom. The van der Waals surface area contributed by atoms with Crippen molar-refractivity contribution >= 4 is 27.5 Å². The number of H-pyrrole nitrogens is 2. The monoisotopic (exact) mass is 404 g/mol. The van der Waals surface area contributed by atoms with Crippen molar-refractivity contribution in [3.8, 4) is 22.4 Å². The molecule has 0 unspecified atom stereocenters. The summed E-state index contributed by atoms with van der Waals surface area (Å²) in [5.74, 6) is 0. The van der Waals surface area contributed by atoms with Gasteiger partial charge in [-0.25, -0.2) is 0 Å². The number of benzene rings is 1. The molecule has 4 nitrogen and oxygen atoms in total. The molecule has 0 saturated heterocycles. The van der Waals surface area contributed by atoms with Gasteiger partial charge in [0, 0.05) is 34.4 Å². The van der Waals surface area contributed by atoms with Gasteiger partial charge in [-0.2, -0.15) is 0 Å². The van der Waals surface area contributed by atoms with Gasteiger partial charge >= 0.3 is 0 Å². The second-order valence-corrected chi connectivity index (χ2v) is 6.75. The van der Waals surface area contributed by atoms with Crippen LogP contribution in [0, 0.1) is 13.8 Å². The second kappa shape index (κ2) is 6.42. The fourth-order valence-electron chi connectivity index (χ4n) is 2.64. The molecule has 0 aliphatic rings. The van der Waals surface area contributed by atoms with Crippen LogP contribution in [0.25, 0.3) is 22.4 Å². The minimum absolute atomic E-state index is 0.200. The maximum absolute atomic E-state index is 12.6. The third kappa shape index (κ3) is 2.97. The zero-order valence-electron chi connectivity index (χ0n) is 13.0. The van der Waals surface area contributed by atoms with Crippen LogP contribution in [0.3, 0.4) is 0 Å². The smallest absolute Gasteiger partial charge is 0.204 e. The van der Waals surface area contributed by atoms with Gasteiger partial charge in [0.1, 0.15) is 0 Å². The third-order valence-electron chi connectivity index (χ3n) is 3.84. The van der Waals surface area contributed by atoms with E-state index in [1.54, 1.807) is 32.2 Å². The number of aromatic nitrogens is 2. The maximum atomic E-state index is 12.6. The van der Waals surface area contributed by atoms with E-state index in [1.165, 1.54) is 6.07 Å². The van der Waals surface area contributed by atoms with E-state index in [1.807, 2.05) is 12.1 Å². The highest BCUT2D eigenvalue weighted by Crippen LogP contribution is 2.22. The van der Waals surface area contributed by atoms with Crippen LogP contribution >= 0.6 is 27.5 Å². The van der Waals surface area contributed by atoms with Crippen LogP contribution in [0.2, 0.25) is 5.02 Å². The van der Waals surface area contributed by atoms with E-state index in [0.717, 1.165) is 11.3 Å². The van der Waals surface area contributed by atoms with Crippen LogP contribution < -0.4 is 10.9 Å². The Balaban J connectivity index is 2.16. The van der Waals surface area contributed by atoms with Crippen LogP contribution in [0.15, 0.2) is 50.6 Å². The van der Waals surface area contributed by atoms with Crippen molar-refractivity contribution in [2.45, 2.75) is 13.8 Å². The van der Waals surface area contributed by atoms with E-state index in [-0.39, 0.29) is 10.9 Å². The van der Waals surface area contributed by atoms with Gasteiger partial charge in [0.25, 0.3) is 0 Å². The molecule has 0 spiro atoms. The van der Waals surface area contributed by atoms with E-state index in [2.05, 4.69) is 25.9 Å². The first kappa shape index (κ1) is 16.7. The number of hydrogen-bond donors (Lipinski definition) is 2. The molecule has 0 saturated carbocycles. The molecule has 2 N–H and O–H groups in total. The van der Waals surface area contributed by atoms with E-state index in [4.69, 9.17) is 11.6 Å². The predicted octanol–water partition coefficient (Wildman–Crippen LogP) is 4.43. The molecule has 1 aromatic carbocycles. The highest BCUT2D eigenvalue weighted by molar-refractivity contribution is 9.10. The number of aromatic amines is 2. The molecule has 0 fully saturated rings. The number of rotatable bonds is 2. The normalized spacial score (nSPS) is 10.8. The average molecular weight is 406 g/mol. The van der Waals surface area contributed by atoms with Crippen LogP contribution in [0.5, 0.6) is 0 Å². The number of aryl methyl sites for hydroxylation is 2. The van der Waals surface area contributed by atoms with Crippen molar-refractivity contribution < 1.29 is 0 Å². The van der Waals surface area contributed by atoms with Gasteiger partial charge < -0.3 is 9.97 Å². The van der Waals surface area contributed by atoms with Gasteiger partial charge in [0.15, 0.2) is 5.43 Å². The van der Waals surface area contributed by atoms with Crippen LogP contribution in [0.4, 0.5) is 0 Å². The summed E-state index contributed by atoms with van der Waals surface area (Å²) in [6, 6.07) is 8.66. The van der Waals surface area contributed by atoms with Crippen molar-refractivity contribution in [2.24, 2.45) is 0 Å². The lowest BCUT2D eigenvalue weighted by molar-refractivity contribution is 1.09. The SMILES string of the molecule is Cc1[nH]c(C)c(-c2c[nH]c(-c3ccc(Cl)cc3)cc2=O)c(=O)c1Br. The summed E-state index contributed by atoms with van der Waals surface area (Å²) in [5, 5.41) is 0.629. The Hall–Kier alpha value is -2.11. The van der Waals surface area contributed by atoms with Crippen LogP contribution in [-0.4, -0.2) is 9.97 Å². The Morgan fingerprint density at radius 3 is 2.33 bits per heavy atom. The minimum atomic E-state index is -0.219. The highest BCUT2D eigenvalue weighted by Gasteiger charge is 2.15. The molecule has 0 bridgehead atoms. The molecule has 0 aliphatic heterocycles. The molecule has 3 aromatic rings. The van der Waals surface area contributed by atoms with Crippen molar-refractivity contribution in [3.05, 3.63) is 77.9 Å². The molecule has 0 radical (unpaired) electrons. The van der Waals surface area contributed by atoms with Gasteiger partial charge in [-0.1, -0.05) is 23.7 Å². The summed E-state index contributed by atoms with van der Waals surface area (Å²) in [5.41, 5.74) is 3.19. The van der Waals surface area contributed by atoms with Gasteiger partial charge in [-0.3, -0.25) is 9.59 Å². The van der Waals surface area contributed by atoms with E-state index < -0.39 is 0 Å². The van der Waals surface area contributed by atoms with Gasteiger partial charge in [0.2, 0.25) is 5.43 Å². The molecule has 2 aromatic heterocycles. The van der Waals surface area contributed by atoms with Crippen LogP contribution in [0.1, 0.15) is 11.4 Å². The Bertz CT molecular complexity index is 1040. The highest BCUT2D eigenvalue weighted by atomic mass is 79.9. The summed E-state index contributed by atoms with van der Waals surface area (Å²) < 4.78 is 0.435. The minimum Gasteiger partial charge on any atom is -0.361 e. The first-order valence-electron chi connectivity index (χ1n) is 7.26. The molecule has 6 heteroatoms. The predicted molar refractivity (Wildman–Crippen MR) is 101 cm³/mol. The van der Waals surface area contributed by atoms with Crippen LogP contribution in [-0.2, 0) is 0 Å². The summed E-state index contributed by atoms with van der Waals surface area (Å²) in [6.45, 7) is 3.58. The zero-order valence-corrected chi connectivity index (χ0v) is 15.4. The summed E-state index contributed by atoms with van der Waals surface area (Å²) in [4.78, 5) is 31.3. The van der Waals surface area contributed by atoms with Gasteiger partial charge in [-0.05, 0) is 47.5 Å². The standard InChI is InChI=1S/C18H14BrClN2O2/c1-9-16(18(24)17(19)10(2)22-9)13-8-21-14(7-15(13)23)11-3-5-12(20)6-4-11/h3-8H,1-2H3,(H,21,23)(H,22,24). The molecule has 24 heavy (non-hydrogen) atoms. The summed E-state index contributed by atoms with van der Waals surface area (Å²) in [6.07, 6.45) is 1.58. The first-order valence-corrected chi connectivity index (χ1v) is 8.43. The fraction of sp³-hybridized carbons (Fsp3) is 0.111. The Labute approximate surface area is 151 Å². The van der Waals surface area contributed by atoms with Crippen molar-refractivity contribution in [2.75, 3.05) is 0 Å². The van der Waals surface area contributed by atoms with Crippen molar-refractivity contribution in [1.29, 1.82) is 0 Å². The largest absolute Gasteiger partial charge is 0.361 e. The maximum Gasteiger partial charge on any atom is 0.204 e. The Kier molecular flexibility index (Phi) is 4.47. The lowest BCUT2D eigenvalue weighted by atomic mass is 10.0. The van der Waals surface area contributed by atoms with E-state index >= 15 is 0 Å². The van der Waals surface area contributed by atoms with Crippen molar-refractivity contribution in [3.63, 3.8) is 0 Å². The lowest BCUT2D eigenvalue weighted by Crippen LogP contribution is -2.17. The quantitative estimate of drug-likeness (QED) is 0.662. The van der Waals surface area contributed by atoms with E-state index in [9.17, 15) is 9.59 Å². The molecule has 0 aliphatic carbocycles. The molecule has 122 valence electrons. The first-order chi connectivity index (χ1) is 11.4. The molecule has 2 heterocycles. The molecular weight excluding hydrogens is 392 g/mol. The lowest BCUT2D eigenvalue weighted by Gasteiger charge is -2.09. The molecule has 3 rings (SSSR count). The fourth-order valence-corrected chi connectivity index (χ4v) is 3.06. The zero-order chi connectivity index (χ0) is 17.4. The van der Waals surface area contributed by atoms with Crippen molar-refractivity contribution in [1.82, 2.24) is 9.97 Å². The van der Waals surface area contributed by atoms with Gasteiger partial charge in [-0.15, -0.1) is 0 Å². The topological polar surface area (TPSA) is 65.7 Å². The number of hydrogen-bond acceptors (Lipinski definition) is 2. The van der Waals surface area contributed by atoms with Gasteiger partial charge in [0.05, 0.1) is 15.6 Å². The summed E-state index contributed by atoms with van der Waals surface area (Å²) in [7, 11) is 0. The average Bonchev–Trinajstić information content (AvgIpc) is 2.55. The Morgan fingerprint density at radius 2 is 1.71 bits per heavy atom. The summed E-state index contributed by atoms with van der Waals surface area (Å²) >= 11 is 9.16. The molecule has 0 amide bonds. The number of nitrogens with one attached hydrogen (secondary N) is 2. The number of pyridine rings is 2. The molecule has 0 atom stereocenters. The third-order valence-corrected chi connectivity index (χ3v) is 5.05. The second-order valence-electron chi connectivity index (χ2n) is 5.52.